The second kappa shape index (κ2) is 7.58. The molecule has 19 heavy (non-hydrogen) atoms. The van der Waals surface area contributed by atoms with E-state index in [2.05, 4.69) is 20.9 Å². The van der Waals surface area contributed by atoms with Gasteiger partial charge in [0.2, 0.25) is 5.91 Å². The van der Waals surface area contributed by atoms with Crippen LogP contribution in [0.3, 0.4) is 0 Å². The average Bonchev–Trinajstić information content (AvgIpc) is 2.38. The molecular formula is C12H17ClN4O2. The van der Waals surface area contributed by atoms with E-state index in [0.29, 0.717) is 17.9 Å². The Hall–Kier alpha value is -1.82. The third kappa shape index (κ3) is 5.13. The maximum absolute atomic E-state index is 11.9. The van der Waals surface area contributed by atoms with Gasteiger partial charge in [-0.3, -0.25) is 9.59 Å². The molecule has 0 aliphatic heterocycles. The van der Waals surface area contributed by atoms with Gasteiger partial charge in [0.15, 0.2) is 0 Å². The number of nitrogens with zero attached hydrogens (tertiary/aromatic N) is 1. The summed E-state index contributed by atoms with van der Waals surface area (Å²) in [5.41, 5.74) is 0.410. The summed E-state index contributed by atoms with van der Waals surface area (Å²) in [6, 6.07) is 3.10. The summed E-state index contributed by atoms with van der Waals surface area (Å²) < 4.78 is 0. The lowest BCUT2D eigenvalue weighted by Gasteiger charge is -2.08. The minimum absolute atomic E-state index is 0.124. The summed E-state index contributed by atoms with van der Waals surface area (Å²) in [5.74, 6) is 0.139. The lowest BCUT2D eigenvalue weighted by atomic mass is 10.2. The third-order valence-electron chi connectivity index (χ3n) is 2.33. The van der Waals surface area contributed by atoms with Gasteiger partial charge in [0.25, 0.3) is 5.91 Å². The quantitative estimate of drug-likeness (QED) is 0.682. The monoisotopic (exact) mass is 284 g/mol. The van der Waals surface area contributed by atoms with Crippen LogP contribution >= 0.6 is 11.6 Å². The molecule has 3 N–H and O–H groups in total. The van der Waals surface area contributed by atoms with Crippen molar-refractivity contribution in [3.63, 3.8) is 0 Å². The van der Waals surface area contributed by atoms with Crippen LogP contribution in [0.25, 0.3) is 0 Å². The highest BCUT2D eigenvalue weighted by Crippen LogP contribution is 2.14. The summed E-state index contributed by atoms with van der Waals surface area (Å²) in [5, 5.41) is 8.36. The first-order valence-corrected chi connectivity index (χ1v) is 6.34. The van der Waals surface area contributed by atoms with Gasteiger partial charge in [0.1, 0.15) is 11.0 Å². The third-order valence-corrected chi connectivity index (χ3v) is 2.52. The van der Waals surface area contributed by atoms with E-state index in [-0.39, 0.29) is 29.9 Å². The Bertz CT molecular complexity index is 465. The molecule has 0 fully saturated rings. The van der Waals surface area contributed by atoms with Crippen LogP contribution in [0.5, 0.6) is 0 Å². The van der Waals surface area contributed by atoms with Crippen molar-refractivity contribution < 1.29 is 9.59 Å². The number of pyridine rings is 1. The second-order valence-corrected chi connectivity index (χ2v) is 4.16. The van der Waals surface area contributed by atoms with Crippen molar-refractivity contribution in [3.05, 3.63) is 22.8 Å². The topological polar surface area (TPSA) is 83.1 Å². The van der Waals surface area contributed by atoms with Crippen LogP contribution < -0.4 is 16.0 Å². The molecule has 7 heteroatoms. The van der Waals surface area contributed by atoms with Crippen LogP contribution in [-0.2, 0) is 4.79 Å². The summed E-state index contributed by atoms with van der Waals surface area (Å²) >= 11 is 5.84. The predicted molar refractivity (Wildman–Crippen MR) is 74.4 cm³/mol. The number of aromatic nitrogens is 1. The zero-order valence-electron chi connectivity index (χ0n) is 10.9. The van der Waals surface area contributed by atoms with Crippen molar-refractivity contribution in [2.75, 3.05) is 25.5 Å². The molecule has 1 aromatic rings. The van der Waals surface area contributed by atoms with Crippen molar-refractivity contribution >= 4 is 29.2 Å². The molecule has 2 amide bonds. The fraction of sp³-hybridized carbons (Fsp3) is 0.417. The molecule has 0 bridgehead atoms. The maximum atomic E-state index is 11.9. The van der Waals surface area contributed by atoms with Crippen LogP contribution in [0, 0.1) is 0 Å². The first-order chi connectivity index (χ1) is 9.06. The van der Waals surface area contributed by atoms with E-state index >= 15 is 0 Å². The van der Waals surface area contributed by atoms with Crippen LogP contribution in [0.15, 0.2) is 12.1 Å². The molecule has 1 heterocycles. The highest BCUT2D eigenvalue weighted by Gasteiger charge is 2.09. The Balaban J connectivity index is 2.63. The van der Waals surface area contributed by atoms with Gasteiger partial charge in [-0.2, -0.15) is 0 Å². The molecule has 0 unspecified atom stereocenters. The molecule has 0 aliphatic carbocycles. The smallest absolute Gasteiger partial charge is 0.251 e. The van der Waals surface area contributed by atoms with Crippen molar-refractivity contribution in [1.29, 1.82) is 0 Å². The molecular weight excluding hydrogens is 268 g/mol. The summed E-state index contributed by atoms with van der Waals surface area (Å²) in [6.07, 6.45) is 0.237. The second-order valence-electron chi connectivity index (χ2n) is 3.77. The van der Waals surface area contributed by atoms with Crippen LogP contribution in [-0.4, -0.2) is 36.9 Å². The van der Waals surface area contributed by atoms with E-state index in [1.165, 1.54) is 6.07 Å². The number of amides is 2. The molecule has 0 saturated heterocycles. The predicted octanol–water partition coefficient (Wildman–Crippen LogP) is 1.03. The highest BCUT2D eigenvalue weighted by molar-refractivity contribution is 6.29. The number of rotatable bonds is 6. The van der Waals surface area contributed by atoms with Gasteiger partial charge in [-0.15, -0.1) is 0 Å². The number of hydrogen-bond donors (Lipinski definition) is 3. The molecule has 6 nitrogen and oxygen atoms in total. The van der Waals surface area contributed by atoms with Gasteiger partial charge < -0.3 is 16.0 Å². The first-order valence-electron chi connectivity index (χ1n) is 5.97. The van der Waals surface area contributed by atoms with E-state index in [1.807, 2.05) is 6.92 Å². The van der Waals surface area contributed by atoms with Gasteiger partial charge in [-0.05, 0) is 19.1 Å². The Kier molecular flexibility index (Phi) is 6.08. The van der Waals surface area contributed by atoms with E-state index in [9.17, 15) is 9.59 Å². The SMILES string of the molecule is CCNc1cc(C(=O)NCCC(=O)NC)cc(Cl)n1. The van der Waals surface area contributed by atoms with Gasteiger partial charge in [0, 0.05) is 32.1 Å². The summed E-state index contributed by atoms with van der Waals surface area (Å²) in [4.78, 5) is 26.9. The fourth-order valence-electron chi connectivity index (χ4n) is 1.42. The average molecular weight is 285 g/mol. The molecule has 0 spiro atoms. The number of anilines is 1. The van der Waals surface area contributed by atoms with Gasteiger partial charge in [0.05, 0.1) is 0 Å². The maximum Gasteiger partial charge on any atom is 0.251 e. The molecule has 0 saturated carbocycles. The molecule has 0 atom stereocenters. The van der Waals surface area contributed by atoms with Gasteiger partial charge in [-0.25, -0.2) is 4.98 Å². The lowest BCUT2D eigenvalue weighted by molar-refractivity contribution is -0.120. The molecule has 0 aromatic carbocycles. The summed E-state index contributed by atoms with van der Waals surface area (Å²) in [6.45, 7) is 2.88. The molecule has 104 valence electrons. The largest absolute Gasteiger partial charge is 0.370 e. The standard InChI is InChI=1S/C12H17ClN4O2/c1-3-15-10-7-8(6-9(13)17-10)12(19)16-5-4-11(18)14-2/h6-7H,3-5H2,1-2H3,(H,14,18)(H,15,17)(H,16,19). The molecule has 0 radical (unpaired) electrons. The highest BCUT2D eigenvalue weighted by atomic mass is 35.5. The van der Waals surface area contributed by atoms with E-state index < -0.39 is 0 Å². The lowest BCUT2D eigenvalue weighted by Crippen LogP contribution is -2.29. The fourth-order valence-corrected chi connectivity index (χ4v) is 1.62. The minimum Gasteiger partial charge on any atom is -0.370 e. The zero-order chi connectivity index (χ0) is 14.3. The zero-order valence-corrected chi connectivity index (χ0v) is 11.7. The Morgan fingerprint density at radius 1 is 1.37 bits per heavy atom. The number of carbonyl (C=O) groups excluding carboxylic acids is 2. The number of nitrogens with one attached hydrogen (secondary N) is 3. The normalized spacial score (nSPS) is 9.84. The first kappa shape index (κ1) is 15.2. The number of hydrogen-bond acceptors (Lipinski definition) is 4. The van der Waals surface area contributed by atoms with Crippen molar-refractivity contribution in [2.24, 2.45) is 0 Å². The van der Waals surface area contributed by atoms with E-state index in [1.54, 1.807) is 13.1 Å². The molecule has 1 rings (SSSR count). The minimum atomic E-state index is -0.285. The van der Waals surface area contributed by atoms with Crippen LogP contribution in [0.2, 0.25) is 5.15 Å². The van der Waals surface area contributed by atoms with Crippen molar-refractivity contribution in [2.45, 2.75) is 13.3 Å². The molecule has 0 aliphatic rings. The summed E-state index contributed by atoms with van der Waals surface area (Å²) in [7, 11) is 1.55. The van der Waals surface area contributed by atoms with Crippen LogP contribution in [0.4, 0.5) is 5.82 Å². The Morgan fingerprint density at radius 2 is 2.11 bits per heavy atom. The van der Waals surface area contributed by atoms with E-state index in [4.69, 9.17) is 11.6 Å². The molecule has 1 aromatic heterocycles. The number of halogens is 1. The Morgan fingerprint density at radius 3 is 2.74 bits per heavy atom. The van der Waals surface area contributed by atoms with E-state index in [0.717, 1.165) is 0 Å². The van der Waals surface area contributed by atoms with Crippen molar-refractivity contribution in [1.82, 2.24) is 15.6 Å². The van der Waals surface area contributed by atoms with Gasteiger partial charge in [-0.1, -0.05) is 11.6 Å². The van der Waals surface area contributed by atoms with Crippen molar-refractivity contribution in [3.8, 4) is 0 Å². The number of carbonyl (C=O) groups is 2. The van der Waals surface area contributed by atoms with Gasteiger partial charge >= 0.3 is 0 Å². The Labute approximate surface area is 116 Å². The van der Waals surface area contributed by atoms with Crippen LogP contribution in [0.1, 0.15) is 23.7 Å².